The molecular weight excluding hydrogens is 290 g/mol. The van der Waals surface area contributed by atoms with Crippen LogP contribution in [-0.4, -0.2) is 45.6 Å². The van der Waals surface area contributed by atoms with E-state index in [0.29, 0.717) is 6.42 Å². The van der Waals surface area contributed by atoms with Gasteiger partial charge in [-0.25, -0.2) is 8.42 Å². The quantitative estimate of drug-likeness (QED) is 0.623. The van der Waals surface area contributed by atoms with E-state index < -0.39 is 9.84 Å². The summed E-state index contributed by atoms with van der Waals surface area (Å²) in [5.74, 6) is -0.204. The van der Waals surface area contributed by atoms with Crippen LogP contribution in [-0.2, 0) is 19.4 Å². The summed E-state index contributed by atoms with van der Waals surface area (Å²) < 4.78 is 30.2. The molecule has 0 bridgehead atoms. The number of methoxy groups -OCH3 is 1. The van der Waals surface area contributed by atoms with Crippen LogP contribution in [0.5, 0.6) is 0 Å². The number of hydrogen-bond donors (Lipinski definition) is 1. The highest BCUT2D eigenvalue weighted by molar-refractivity contribution is 7.92. The average molecular weight is 319 g/mol. The average Bonchev–Trinajstić information content (AvgIpc) is 3.16. The van der Waals surface area contributed by atoms with Gasteiger partial charge in [0.15, 0.2) is 9.84 Å². The van der Waals surface area contributed by atoms with Crippen LogP contribution < -0.4 is 5.32 Å². The van der Waals surface area contributed by atoms with E-state index >= 15 is 0 Å². The van der Waals surface area contributed by atoms with Crippen molar-refractivity contribution < 1.29 is 17.9 Å². The van der Waals surface area contributed by atoms with Gasteiger partial charge in [0, 0.05) is 6.04 Å². The maximum absolute atomic E-state index is 12.8. The Hall–Kier alpha value is -0.620. The minimum absolute atomic E-state index is 0.0149. The third-order valence-corrected chi connectivity index (χ3v) is 7.09. The Labute approximate surface area is 128 Å². The second-order valence-corrected chi connectivity index (χ2v) is 8.41. The summed E-state index contributed by atoms with van der Waals surface area (Å²) in [5.41, 5.74) is -0.371. The molecule has 1 rings (SSSR count). The van der Waals surface area contributed by atoms with Crippen LogP contribution >= 0.6 is 0 Å². The Morgan fingerprint density at radius 1 is 1.33 bits per heavy atom. The first-order valence-electron chi connectivity index (χ1n) is 7.79. The van der Waals surface area contributed by atoms with Crippen molar-refractivity contribution in [3.05, 3.63) is 0 Å². The molecule has 1 N–H and O–H groups in total. The van der Waals surface area contributed by atoms with E-state index in [2.05, 4.69) is 17.0 Å². The van der Waals surface area contributed by atoms with E-state index in [1.165, 1.54) is 7.11 Å². The van der Waals surface area contributed by atoms with Crippen molar-refractivity contribution in [1.29, 1.82) is 0 Å². The SMILES string of the molecule is CCCC(NC)C(CC)S(=O)(=O)CC1(CC(=O)OC)CC1. The molecule has 0 aromatic rings. The van der Waals surface area contributed by atoms with Gasteiger partial charge < -0.3 is 10.1 Å². The van der Waals surface area contributed by atoms with Gasteiger partial charge >= 0.3 is 5.97 Å². The van der Waals surface area contributed by atoms with E-state index in [4.69, 9.17) is 0 Å². The van der Waals surface area contributed by atoms with Gasteiger partial charge in [0.05, 0.1) is 24.5 Å². The monoisotopic (exact) mass is 319 g/mol. The topological polar surface area (TPSA) is 72.5 Å². The Kier molecular flexibility index (Phi) is 6.66. The maximum Gasteiger partial charge on any atom is 0.306 e. The normalized spacial score (nSPS) is 19.8. The predicted octanol–water partition coefficient (Wildman–Crippen LogP) is 1.91. The predicted molar refractivity (Wildman–Crippen MR) is 83.9 cm³/mol. The first-order valence-corrected chi connectivity index (χ1v) is 9.51. The molecule has 1 fully saturated rings. The standard InChI is InChI=1S/C15H29NO4S/c1-5-7-12(16-3)13(6-2)21(18,19)11-15(8-9-15)10-14(17)20-4/h12-13,16H,5-11H2,1-4H3. The van der Waals surface area contributed by atoms with Crippen molar-refractivity contribution in [2.45, 2.75) is 63.7 Å². The number of carbonyl (C=O) groups excluding carboxylic acids is 1. The fourth-order valence-corrected chi connectivity index (χ4v) is 5.82. The number of hydrogen-bond acceptors (Lipinski definition) is 5. The molecule has 0 aromatic carbocycles. The lowest BCUT2D eigenvalue weighted by Gasteiger charge is -2.27. The molecule has 0 heterocycles. The fraction of sp³-hybridized carbons (Fsp3) is 0.933. The van der Waals surface area contributed by atoms with Gasteiger partial charge in [-0.05, 0) is 38.1 Å². The molecule has 1 aliphatic rings. The van der Waals surface area contributed by atoms with Crippen molar-refractivity contribution in [3.63, 3.8) is 0 Å². The fourth-order valence-electron chi connectivity index (χ4n) is 3.08. The largest absolute Gasteiger partial charge is 0.469 e. The third-order valence-electron chi connectivity index (χ3n) is 4.49. The van der Waals surface area contributed by atoms with Crippen LogP contribution in [0.15, 0.2) is 0 Å². The minimum atomic E-state index is -3.23. The first kappa shape index (κ1) is 18.4. The summed E-state index contributed by atoms with van der Waals surface area (Å²) in [7, 11) is -0.0587. The third kappa shape index (κ3) is 4.95. The van der Waals surface area contributed by atoms with Gasteiger partial charge in [0.1, 0.15) is 0 Å². The minimum Gasteiger partial charge on any atom is -0.469 e. The van der Waals surface area contributed by atoms with Crippen LogP contribution in [0.2, 0.25) is 0 Å². The van der Waals surface area contributed by atoms with Crippen molar-refractivity contribution >= 4 is 15.8 Å². The molecule has 0 radical (unpaired) electrons. The van der Waals surface area contributed by atoms with E-state index in [1.54, 1.807) is 0 Å². The summed E-state index contributed by atoms with van der Waals surface area (Å²) in [6, 6.07) is -0.0149. The molecule has 2 unspecified atom stereocenters. The van der Waals surface area contributed by atoms with Gasteiger partial charge in [0.25, 0.3) is 0 Å². The number of ether oxygens (including phenoxy) is 1. The highest BCUT2D eigenvalue weighted by Gasteiger charge is 2.49. The molecule has 0 saturated heterocycles. The summed E-state index contributed by atoms with van der Waals surface area (Å²) >= 11 is 0. The molecular formula is C15H29NO4S. The van der Waals surface area contributed by atoms with Gasteiger partial charge in [0.2, 0.25) is 0 Å². The number of esters is 1. The molecule has 0 aromatic heterocycles. The Morgan fingerprint density at radius 2 is 1.95 bits per heavy atom. The second-order valence-electron chi connectivity index (χ2n) is 6.19. The smallest absolute Gasteiger partial charge is 0.306 e. The summed E-state index contributed by atoms with van der Waals surface area (Å²) in [5, 5.41) is 2.77. The Morgan fingerprint density at radius 3 is 2.33 bits per heavy atom. The molecule has 6 heteroatoms. The van der Waals surface area contributed by atoms with Crippen LogP contribution in [0.25, 0.3) is 0 Å². The van der Waals surface area contributed by atoms with Gasteiger partial charge in [-0.2, -0.15) is 0 Å². The summed E-state index contributed by atoms with van der Waals surface area (Å²) in [4.78, 5) is 11.5. The van der Waals surface area contributed by atoms with Crippen LogP contribution in [0.4, 0.5) is 0 Å². The lowest BCUT2D eigenvalue weighted by Crippen LogP contribution is -2.44. The van der Waals surface area contributed by atoms with Crippen molar-refractivity contribution in [1.82, 2.24) is 5.32 Å². The molecule has 1 saturated carbocycles. The van der Waals surface area contributed by atoms with E-state index in [0.717, 1.165) is 25.7 Å². The molecule has 2 atom stereocenters. The zero-order chi connectivity index (χ0) is 16.1. The van der Waals surface area contributed by atoms with E-state index in [9.17, 15) is 13.2 Å². The van der Waals surface area contributed by atoms with Gasteiger partial charge in [-0.15, -0.1) is 0 Å². The highest BCUT2D eigenvalue weighted by atomic mass is 32.2. The second kappa shape index (κ2) is 7.58. The lowest BCUT2D eigenvalue weighted by molar-refractivity contribution is -0.141. The van der Waals surface area contributed by atoms with Gasteiger partial charge in [-0.1, -0.05) is 20.3 Å². The number of nitrogens with one attached hydrogen (secondary N) is 1. The van der Waals surface area contributed by atoms with Crippen LogP contribution in [0.1, 0.15) is 52.4 Å². The lowest BCUT2D eigenvalue weighted by atomic mass is 10.1. The Bertz CT molecular complexity index is 443. The molecule has 0 spiro atoms. The molecule has 5 nitrogen and oxygen atoms in total. The number of rotatable bonds is 10. The molecule has 124 valence electrons. The highest BCUT2D eigenvalue weighted by Crippen LogP contribution is 2.50. The number of sulfone groups is 1. The van der Waals surface area contributed by atoms with Crippen LogP contribution in [0.3, 0.4) is 0 Å². The molecule has 0 amide bonds. The zero-order valence-corrected chi connectivity index (χ0v) is 14.5. The van der Waals surface area contributed by atoms with E-state index in [1.807, 2.05) is 14.0 Å². The molecule has 0 aliphatic heterocycles. The number of carbonyl (C=O) groups is 1. The van der Waals surface area contributed by atoms with Crippen molar-refractivity contribution in [3.8, 4) is 0 Å². The maximum atomic E-state index is 12.8. The molecule has 1 aliphatic carbocycles. The van der Waals surface area contributed by atoms with Crippen molar-refractivity contribution in [2.75, 3.05) is 19.9 Å². The van der Waals surface area contributed by atoms with Crippen LogP contribution in [0, 0.1) is 5.41 Å². The first-order chi connectivity index (χ1) is 9.84. The summed E-state index contributed by atoms with van der Waals surface area (Å²) in [6.45, 7) is 3.98. The molecule has 21 heavy (non-hydrogen) atoms. The van der Waals surface area contributed by atoms with Crippen molar-refractivity contribution in [2.24, 2.45) is 5.41 Å². The summed E-state index contributed by atoms with van der Waals surface area (Å²) in [6.07, 6.45) is 4.22. The van der Waals surface area contributed by atoms with Gasteiger partial charge in [-0.3, -0.25) is 4.79 Å². The Balaban J connectivity index is 2.81. The zero-order valence-electron chi connectivity index (χ0n) is 13.6. The van der Waals surface area contributed by atoms with E-state index in [-0.39, 0.29) is 34.8 Å².